The van der Waals surface area contributed by atoms with Crippen LogP contribution in [0.25, 0.3) is 0 Å². The van der Waals surface area contributed by atoms with Gasteiger partial charge in [0.05, 0.1) is 4.90 Å². The molecule has 4 rings (SSSR count). The van der Waals surface area contributed by atoms with Gasteiger partial charge in [0.15, 0.2) is 5.78 Å². The van der Waals surface area contributed by atoms with Crippen LogP contribution < -0.4 is 0 Å². The normalized spacial score (nSPS) is 23.8. The van der Waals surface area contributed by atoms with Crippen LogP contribution in [0.4, 0.5) is 4.39 Å². The van der Waals surface area contributed by atoms with E-state index in [2.05, 4.69) is 0 Å². The Labute approximate surface area is 180 Å². The molecular formula is C23H22FNO3S2. The molecule has 0 amide bonds. The minimum absolute atomic E-state index is 0.0494. The van der Waals surface area contributed by atoms with Gasteiger partial charge >= 0.3 is 0 Å². The van der Waals surface area contributed by atoms with E-state index in [1.165, 1.54) is 34.3 Å². The lowest BCUT2D eigenvalue weighted by atomic mass is 9.74. The van der Waals surface area contributed by atoms with Gasteiger partial charge in [-0.05, 0) is 62.1 Å². The van der Waals surface area contributed by atoms with E-state index in [0.29, 0.717) is 11.3 Å². The van der Waals surface area contributed by atoms with E-state index >= 15 is 0 Å². The van der Waals surface area contributed by atoms with Crippen LogP contribution in [-0.4, -0.2) is 24.8 Å². The average molecular weight is 444 g/mol. The minimum atomic E-state index is -3.95. The summed E-state index contributed by atoms with van der Waals surface area (Å²) in [4.78, 5) is 13.4. The number of nitrogens with zero attached hydrogens (tertiary/aromatic N) is 1. The fourth-order valence-corrected chi connectivity index (χ4v) is 7.34. The van der Waals surface area contributed by atoms with Crippen molar-refractivity contribution in [3.63, 3.8) is 0 Å². The fourth-order valence-electron chi connectivity index (χ4n) is 4.51. The Hall–Kier alpha value is -2.38. The number of rotatable bonds is 4. The molecule has 0 unspecified atom stereocenters. The highest BCUT2D eigenvalue weighted by Gasteiger charge is 2.57. The largest absolute Gasteiger partial charge is 0.295 e. The van der Waals surface area contributed by atoms with Gasteiger partial charge in [-0.15, -0.1) is 11.8 Å². The van der Waals surface area contributed by atoms with Crippen molar-refractivity contribution in [3.05, 3.63) is 88.2 Å². The summed E-state index contributed by atoms with van der Waals surface area (Å²) in [5.74, 6) is -0.814. The van der Waals surface area contributed by atoms with Gasteiger partial charge in [0.2, 0.25) is 0 Å². The van der Waals surface area contributed by atoms with Gasteiger partial charge in [-0.25, -0.2) is 12.8 Å². The van der Waals surface area contributed by atoms with E-state index in [0.717, 1.165) is 10.5 Å². The molecule has 30 heavy (non-hydrogen) atoms. The van der Waals surface area contributed by atoms with E-state index in [1.807, 2.05) is 13.2 Å². The Kier molecular flexibility index (Phi) is 5.14. The standard InChI is InChI=1S/C23H22FNO3S2/c1-15-4-10-20(11-5-15)30(27,28)25-16(2)22(29-3)21-14-19(26)12-13-23(21,25)17-6-8-18(24)9-7-17/h4-13,21H,14H2,1-3H3/t21-,23+/m0/s1. The first kappa shape index (κ1) is 20.9. The lowest BCUT2D eigenvalue weighted by molar-refractivity contribution is -0.116. The van der Waals surface area contributed by atoms with Gasteiger partial charge < -0.3 is 0 Å². The van der Waals surface area contributed by atoms with Crippen molar-refractivity contribution in [1.29, 1.82) is 0 Å². The van der Waals surface area contributed by atoms with Crippen molar-refractivity contribution in [2.75, 3.05) is 6.26 Å². The Morgan fingerprint density at radius 1 is 1.07 bits per heavy atom. The van der Waals surface area contributed by atoms with Crippen molar-refractivity contribution in [2.45, 2.75) is 30.7 Å². The molecule has 7 heteroatoms. The van der Waals surface area contributed by atoms with Gasteiger partial charge in [0, 0.05) is 22.9 Å². The molecule has 0 radical (unpaired) electrons. The minimum Gasteiger partial charge on any atom is -0.295 e. The molecule has 0 spiro atoms. The highest BCUT2D eigenvalue weighted by atomic mass is 32.2. The van der Waals surface area contributed by atoms with E-state index in [-0.39, 0.29) is 23.0 Å². The molecule has 2 atom stereocenters. The first-order valence-electron chi connectivity index (χ1n) is 9.57. The number of benzene rings is 2. The first-order chi connectivity index (χ1) is 14.2. The Bertz CT molecular complexity index is 1170. The molecule has 0 saturated heterocycles. The number of halogens is 1. The summed E-state index contributed by atoms with van der Waals surface area (Å²) in [5.41, 5.74) is 1.07. The van der Waals surface area contributed by atoms with Crippen LogP contribution in [0.5, 0.6) is 0 Å². The van der Waals surface area contributed by atoms with E-state index in [4.69, 9.17) is 0 Å². The van der Waals surface area contributed by atoms with E-state index in [1.54, 1.807) is 49.4 Å². The predicted octanol–water partition coefficient (Wildman–Crippen LogP) is 4.77. The molecule has 1 aliphatic heterocycles. The summed E-state index contributed by atoms with van der Waals surface area (Å²) in [5, 5.41) is 0. The Morgan fingerprint density at radius 3 is 2.30 bits per heavy atom. The average Bonchev–Trinajstić information content (AvgIpc) is 2.97. The summed E-state index contributed by atoms with van der Waals surface area (Å²) in [6.07, 6.45) is 5.21. The van der Waals surface area contributed by atoms with Crippen LogP contribution >= 0.6 is 11.8 Å². The third-order valence-electron chi connectivity index (χ3n) is 5.86. The number of carbonyl (C=O) groups excluding carboxylic acids is 1. The summed E-state index contributed by atoms with van der Waals surface area (Å²) < 4.78 is 42.9. The maximum absolute atomic E-state index is 13.9. The van der Waals surface area contributed by atoms with Crippen molar-refractivity contribution in [3.8, 4) is 0 Å². The second-order valence-electron chi connectivity index (χ2n) is 7.62. The first-order valence-corrected chi connectivity index (χ1v) is 12.2. The number of fused-ring (bicyclic) bond motifs is 1. The number of allylic oxidation sites excluding steroid dienone is 2. The van der Waals surface area contributed by atoms with Crippen LogP contribution in [0.15, 0.2) is 76.2 Å². The van der Waals surface area contributed by atoms with Crippen LogP contribution in [0.1, 0.15) is 24.5 Å². The van der Waals surface area contributed by atoms with Gasteiger partial charge in [-0.1, -0.05) is 29.8 Å². The van der Waals surface area contributed by atoms with Gasteiger partial charge in [0.1, 0.15) is 11.4 Å². The lowest BCUT2D eigenvalue weighted by Crippen LogP contribution is -2.49. The summed E-state index contributed by atoms with van der Waals surface area (Å²) in [6.45, 7) is 3.67. The molecule has 156 valence electrons. The maximum Gasteiger partial charge on any atom is 0.265 e. The zero-order chi connectivity index (χ0) is 21.7. The van der Waals surface area contributed by atoms with Crippen LogP contribution in [-0.2, 0) is 20.4 Å². The summed E-state index contributed by atoms with van der Waals surface area (Å²) in [7, 11) is -3.95. The van der Waals surface area contributed by atoms with Gasteiger partial charge in [-0.3, -0.25) is 9.10 Å². The molecular weight excluding hydrogens is 421 g/mol. The molecule has 0 bridgehead atoms. The molecule has 2 aromatic carbocycles. The zero-order valence-electron chi connectivity index (χ0n) is 16.9. The van der Waals surface area contributed by atoms with Crippen molar-refractivity contribution in [2.24, 2.45) is 5.92 Å². The highest BCUT2D eigenvalue weighted by Crippen LogP contribution is 2.57. The smallest absolute Gasteiger partial charge is 0.265 e. The monoisotopic (exact) mass is 443 g/mol. The van der Waals surface area contributed by atoms with Crippen LogP contribution in [0, 0.1) is 18.7 Å². The third kappa shape index (κ3) is 3.03. The zero-order valence-corrected chi connectivity index (χ0v) is 18.6. The van der Waals surface area contributed by atoms with Crippen molar-refractivity contribution >= 4 is 27.6 Å². The molecule has 2 aliphatic rings. The Balaban J connectivity index is 2.01. The highest BCUT2D eigenvalue weighted by molar-refractivity contribution is 8.02. The van der Waals surface area contributed by atoms with E-state index in [9.17, 15) is 17.6 Å². The molecule has 0 aromatic heterocycles. The van der Waals surface area contributed by atoms with Crippen LogP contribution in [0.3, 0.4) is 0 Å². The number of ketones is 1. The summed E-state index contributed by atoms with van der Waals surface area (Å²) >= 11 is 1.46. The topological polar surface area (TPSA) is 54.5 Å². The fraction of sp³-hybridized carbons (Fsp3) is 0.261. The molecule has 4 nitrogen and oxygen atoms in total. The molecule has 0 saturated carbocycles. The predicted molar refractivity (Wildman–Crippen MR) is 117 cm³/mol. The molecule has 0 N–H and O–H groups in total. The second-order valence-corrected chi connectivity index (χ2v) is 10.3. The van der Waals surface area contributed by atoms with Gasteiger partial charge in [0.25, 0.3) is 10.0 Å². The van der Waals surface area contributed by atoms with Gasteiger partial charge in [-0.2, -0.15) is 0 Å². The lowest BCUT2D eigenvalue weighted by Gasteiger charge is -2.43. The number of sulfonamides is 1. The SMILES string of the molecule is CSC1=C(C)N(S(=O)(=O)c2ccc(C)cc2)[C@@]2(c3ccc(F)cc3)C=CC(=O)C[C@@H]12. The number of aryl methyl sites for hydroxylation is 1. The van der Waals surface area contributed by atoms with Crippen molar-refractivity contribution < 1.29 is 17.6 Å². The quantitative estimate of drug-likeness (QED) is 0.683. The van der Waals surface area contributed by atoms with E-state index < -0.39 is 21.4 Å². The van der Waals surface area contributed by atoms with Crippen molar-refractivity contribution in [1.82, 2.24) is 4.31 Å². The molecule has 1 heterocycles. The number of thioether (sulfide) groups is 1. The van der Waals surface area contributed by atoms with Crippen LogP contribution in [0.2, 0.25) is 0 Å². The maximum atomic E-state index is 13.9. The third-order valence-corrected chi connectivity index (χ3v) is 8.80. The Morgan fingerprint density at radius 2 is 1.70 bits per heavy atom. The molecule has 1 aliphatic carbocycles. The number of hydrogen-bond acceptors (Lipinski definition) is 4. The molecule has 2 aromatic rings. The number of hydrogen-bond donors (Lipinski definition) is 0. The second kappa shape index (κ2) is 7.39. The summed E-state index contributed by atoms with van der Waals surface area (Å²) in [6, 6.07) is 12.6. The number of carbonyl (C=O) groups is 1. The molecule has 0 fully saturated rings.